The van der Waals surface area contributed by atoms with Crippen molar-refractivity contribution in [3.8, 4) is 56.4 Å². The molecule has 0 amide bonds. The molecule has 0 aromatic heterocycles. The molecule has 0 fully saturated rings. The van der Waals surface area contributed by atoms with Crippen LogP contribution in [0.25, 0.3) is 33.4 Å². The maximum absolute atomic E-state index is 12.3. The third-order valence-corrected chi connectivity index (χ3v) is 15.3. The molecule has 0 spiro atoms. The molecule has 0 bridgehead atoms. The fourth-order valence-electron chi connectivity index (χ4n) is 10.5. The normalized spacial score (nSPS) is 11.1. The monoisotopic (exact) mass is 873 g/mol. The van der Waals surface area contributed by atoms with E-state index in [2.05, 4.69) is 130 Å². The van der Waals surface area contributed by atoms with Crippen LogP contribution in [-0.2, 0) is 0 Å². The Morgan fingerprint density at radius 1 is 0.235 bits per heavy atom. The maximum Gasteiger partial charge on any atom is 0.154 e. The molecule has 20 heteroatoms. The van der Waals surface area contributed by atoms with E-state index in [1.54, 1.807) is 20.6 Å². The topological polar surface area (TPSA) is 87.4 Å². The summed E-state index contributed by atoms with van der Waals surface area (Å²) in [5.74, 6) is -0.859. The van der Waals surface area contributed by atoms with E-state index in [1.807, 2.05) is 78.1 Å². The summed E-state index contributed by atoms with van der Waals surface area (Å²) in [6.07, 6.45) is 0. The van der Waals surface area contributed by atoms with Crippen molar-refractivity contribution in [2.75, 3.05) is 9.80 Å². The van der Waals surface area contributed by atoms with Crippen LogP contribution in [-0.4, -0.2) is 130 Å². The van der Waals surface area contributed by atoms with Crippen molar-refractivity contribution in [2.45, 2.75) is 0 Å². The number of phenolic OH excluding ortho intramolecular Hbond substituents is 4. The Bertz CT molecular complexity index is 2990. The first kappa shape index (κ1) is 47.9. The number of rotatable bonds is 9. The molecular formula is C48H50B14N2O4. The van der Waals surface area contributed by atoms with E-state index in [0.29, 0.717) is 16.8 Å². The summed E-state index contributed by atoms with van der Waals surface area (Å²) in [4.78, 5) is 4.29. The Hall–Kier alpha value is -6.53. The quantitative estimate of drug-likeness (QED) is 0.0657. The van der Waals surface area contributed by atoms with Gasteiger partial charge >= 0.3 is 0 Å². The van der Waals surface area contributed by atoms with Crippen LogP contribution in [0.3, 0.4) is 0 Å². The molecule has 318 valence electrons. The summed E-state index contributed by atoms with van der Waals surface area (Å²) in [6, 6.07) is 37.5. The van der Waals surface area contributed by atoms with E-state index in [9.17, 15) is 20.4 Å². The van der Waals surface area contributed by atoms with Gasteiger partial charge in [-0.2, -0.15) is 0 Å². The number of benzene rings is 8. The van der Waals surface area contributed by atoms with Crippen molar-refractivity contribution in [1.29, 1.82) is 0 Å². The molecule has 0 unspecified atom stereocenters. The van der Waals surface area contributed by atoms with Crippen LogP contribution in [0.1, 0.15) is 0 Å². The zero-order chi connectivity index (χ0) is 49.2. The summed E-state index contributed by atoms with van der Waals surface area (Å²) < 4.78 is 0. The van der Waals surface area contributed by atoms with Crippen LogP contribution in [0.5, 0.6) is 23.0 Å². The standard InChI is InChI=1S/C48H50B14N2O4/c49-27-25(21-7-3-1-4-8-21)28(50)35(57)41(34(27)56)63(42-37(59)32(54)31(53)33(55)38(42)60)23-15-11-19(12-16-23)20-13-17-24(18-14-20)64(44-39(61)47(67)48(68)40(62)46(44)66)43-36(58)29(51)26(30(52)45(43)65)22-9-5-2-6-10-22/h1-18,65-68H,49-62H2. The molecule has 0 saturated heterocycles. The van der Waals surface area contributed by atoms with Gasteiger partial charge in [-0.1, -0.05) is 140 Å². The van der Waals surface area contributed by atoms with Crippen molar-refractivity contribution in [2.24, 2.45) is 0 Å². The molecule has 6 nitrogen and oxygen atoms in total. The van der Waals surface area contributed by atoms with Gasteiger partial charge in [-0.25, -0.2) is 0 Å². The summed E-state index contributed by atoms with van der Waals surface area (Å²) in [5.41, 5.74) is 25.6. The molecule has 0 aliphatic heterocycles. The van der Waals surface area contributed by atoms with Crippen molar-refractivity contribution in [3.05, 3.63) is 109 Å². The smallest absolute Gasteiger partial charge is 0.154 e. The van der Waals surface area contributed by atoms with Crippen LogP contribution in [0.15, 0.2) is 109 Å². The van der Waals surface area contributed by atoms with Gasteiger partial charge in [0.2, 0.25) is 0 Å². The highest BCUT2D eigenvalue weighted by Crippen LogP contribution is 2.44. The van der Waals surface area contributed by atoms with E-state index in [4.69, 9.17) is 0 Å². The van der Waals surface area contributed by atoms with E-state index >= 15 is 0 Å². The Kier molecular flexibility index (Phi) is 13.1. The minimum Gasteiger partial charge on any atom is -0.506 e. The van der Waals surface area contributed by atoms with Crippen LogP contribution >= 0.6 is 0 Å². The zero-order valence-corrected chi connectivity index (χ0v) is 42.1. The molecule has 68 heavy (non-hydrogen) atoms. The average Bonchev–Trinajstić information content (AvgIpc) is 3.35. The van der Waals surface area contributed by atoms with Gasteiger partial charge in [0.05, 0.1) is 11.4 Å². The van der Waals surface area contributed by atoms with Crippen molar-refractivity contribution in [3.63, 3.8) is 0 Å². The summed E-state index contributed by atoms with van der Waals surface area (Å²) in [7, 11) is 29.4. The van der Waals surface area contributed by atoms with Crippen molar-refractivity contribution < 1.29 is 20.4 Å². The molecule has 0 saturated carbocycles. The first-order valence-electron chi connectivity index (χ1n) is 23.5. The van der Waals surface area contributed by atoms with Crippen molar-refractivity contribution in [1.82, 2.24) is 0 Å². The molecule has 8 aromatic rings. The van der Waals surface area contributed by atoms with Crippen molar-refractivity contribution >= 4 is 220 Å². The second-order valence-corrected chi connectivity index (χ2v) is 18.8. The average molecular weight is 870 g/mol. The molecule has 8 aromatic carbocycles. The van der Waals surface area contributed by atoms with E-state index in [1.165, 1.54) is 71.7 Å². The summed E-state index contributed by atoms with van der Waals surface area (Å²) >= 11 is 0. The lowest BCUT2D eigenvalue weighted by atomic mass is 9.61. The Morgan fingerprint density at radius 2 is 0.529 bits per heavy atom. The summed E-state index contributed by atoms with van der Waals surface area (Å²) in [6.45, 7) is 0. The van der Waals surface area contributed by atoms with E-state index in [-0.39, 0.29) is 39.6 Å². The molecule has 0 heterocycles. The lowest BCUT2D eigenvalue weighted by molar-refractivity contribution is 0.404. The maximum atomic E-state index is 12.3. The van der Waals surface area contributed by atoms with Crippen LogP contribution < -0.4 is 86.3 Å². The van der Waals surface area contributed by atoms with Crippen LogP contribution in [0, 0.1) is 0 Å². The Labute approximate surface area is 414 Å². The van der Waals surface area contributed by atoms with Gasteiger partial charge in [0.25, 0.3) is 0 Å². The van der Waals surface area contributed by atoms with Gasteiger partial charge in [0.15, 0.2) is 11.5 Å². The van der Waals surface area contributed by atoms with E-state index < -0.39 is 0 Å². The molecular weight excluding hydrogens is 820 g/mol. The van der Waals surface area contributed by atoms with Gasteiger partial charge in [-0.05, 0) is 74.0 Å². The highest BCUT2D eigenvalue weighted by atomic mass is 16.3. The first-order chi connectivity index (χ1) is 32.3. The second kappa shape index (κ2) is 18.5. The fourth-order valence-corrected chi connectivity index (χ4v) is 10.5. The Morgan fingerprint density at radius 3 is 0.941 bits per heavy atom. The predicted octanol–water partition coefficient (Wildman–Crippen LogP) is -11.9. The predicted molar refractivity (Wildman–Crippen MR) is 333 cm³/mol. The SMILES string of the molecule is Bc1c(B)c(B)c(N(c2ccc(-c3ccc(N(c4c(B)c(B)c(-c5ccccc5)c(B)c4O)c4c(B)c(O)c(O)c(B)c4O)cc3)cc2)c2c(B)c(B)c(-c3ccccc3)c(B)c2B)c(B)c1B. The number of nitrogens with zero attached hydrogens (tertiary/aromatic N) is 2. The minimum absolute atomic E-state index is 0.0511. The van der Waals surface area contributed by atoms with Crippen LogP contribution in [0.4, 0.5) is 34.1 Å². The lowest BCUT2D eigenvalue weighted by Crippen LogP contribution is -2.57. The zero-order valence-electron chi connectivity index (χ0n) is 42.1. The van der Waals surface area contributed by atoms with E-state index in [0.717, 1.165) is 38.9 Å². The molecule has 0 aliphatic carbocycles. The first-order valence-corrected chi connectivity index (χ1v) is 23.5. The van der Waals surface area contributed by atoms with Gasteiger partial charge in [0, 0.05) is 22.7 Å². The molecule has 8 rings (SSSR count). The molecule has 0 atom stereocenters. The summed E-state index contributed by atoms with van der Waals surface area (Å²) in [5, 5.41) is 46.1. The number of hydrogen-bond donors (Lipinski definition) is 4. The molecule has 0 aliphatic rings. The largest absolute Gasteiger partial charge is 0.506 e. The van der Waals surface area contributed by atoms with Gasteiger partial charge < -0.3 is 30.2 Å². The number of phenols is 4. The third kappa shape index (κ3) is 7.80. The van der Waals surface area contributed by atoms with Crippen LogP contribution in [0.2, 0.25) is 0 Å². The molecule has 4 N–H and O–H groups in total. The van der Waals surface area contributed by atoms with Gasteiger partial charge in [-0.3, -0.25) is 0 Å². The highest BCUT2D eigenvalue weighted by molar-refractivity contribution is 6.70. The van der Waals surface area contributed by atoms with Gasteiger partial charge in [0.1, 0.15) is 121 Å². The highest BCUT2D eigenvalue weighted by Gasteiger charge is 2.30. The Balaban J connectivity index is 1.28. The second-order valence-electron chi connectivity index (χ2n) is 18.8. The number of aromatic hydroxyl groups is 4. The lowest BCUT2D eigenvalue weighted by Gasteiger charge is -2.36. The van der Waals surface area contributed by atoms with Gasteiger partial charge in [-0.15, -0.1) is 5.46 Å². The minimum atomic E-state index is -0.383. The number of hydrogen-bond acceptors (Lipinski definition) is 6. The fraction of sp³-hybridized carbons (Fsp3) is 0. The molecule has 0 radical (unpaired) electrons. The number of anilines is 6. The third-order valence-electron chi connectivity index (χ3n) is 15.3.